The molecular weight excluding hydrogens is 689 g/mol. The molecule has 0 aliphatic rings. The highest BCUT2D eigenvalue weighted by Gasteiger charge is 2.15. The van der Waals surface area contributed by atoms with Crippen LogP contribution < -0.4 is 0 Å². The van der Waals surface area contributed by atoms with Crippen LogP contribution in [0.3, 0.4) is 0 Å². The van der Waals surface area contributed by atoms with Crippen LogP contribution >= 0.6 is 11.3 Å². The zero-order valence-corrected chi connectivity index (χ0v) is 30.3. The second-order valence-corrected chi connectivity index (χ2v) is 14.6. The molecule has 0 atom stereocenters. The van der Waals surface area contributed by atoms with Gasteiger partial charge in [-0.2, -0.15) is 5.26 Å². The average molecular weight is 719 g/mol. The van der Waals surface area contributed by atoms with Crippen molar-refractivity contribution in [1.29, 1.82) is 5.26 Å². The van der Waals surface area contributed by atoms with Crippen LogP contribution in [0.25, 0.3) is 98.5 Å². The van der Waals surface area contributed by atoms with E-state index in [2.05, 4.69) is 115 Å². The highest BCUT2D eigenvalue weighted by atomic mass is 32.1. The van der Waals surface area contributed by atoms with E-state index >= 15 is 0 Å². The van der Waals surface area contributed by atoms with Crippen molar-refractivity contribution < 1.29 is 0 Å². The van der Waals surface area contributed by atoms with Crippen LogP contribution in [0.4, 0.5) is 0 Å². The topological polar surface area (TPSA) is 62.5 Å². The Bertz CT molecular complexity index is 3030. The number of hydrogen-bond acceptors (Lipinski definition) is 5. The normalized spacial score (nSPS) is 11.3. The zero-order valence-electron chi connectivity index (χ0n) is 29.5. The van der Waals surface area contributed by atoms with E-state index in [1.165, 1.54) is 20.2 Å². The minimum absolute atomic E-state index is 0.630. The number of fused-ring (bicyclic) bond motifs is 4. The Morgan fingerprint density at radius 1 is 0.382 bits per heavy atom. The van der Waals surface area contributed by atoms with Gasteiger partial charge < -0.3 is 0 Å². The van der Waals surface area contributed by atoms with E-state index in [1.807, 2.05) is 72.8 Å². The molecule has 0 amide bonds. The fourth-order valence-corrected chi connectivity index (χ4v) is 8.58. The van der Waals surface area contributed by atoms with Gasteiger partial charge in [0.15, 0.2) is 17.5 Å². The van der Waals surface area contributed by atoms with Gasteiger partial charge in [-0.25, -0.2) is 15.0 Å². The van der Waals surface area contributed by atoms with Crippen molar-refractivity contribution in [3.8, 4) is 73.6 Å². The Kier molecular flexibility index (Phi) is 8.02. The lowest BCUT2D eigenvalue weighted by atomic mass is 9.93. The Balaban J connectivity index is 1.00. The third-order valence-electron chi connectivity index (χ3n) is 10.1. The minimum Gasteiger partial charge on any atom is -0.208 e. The molecular formula is C50H30N4S. The quantitative estimate of drug-likeness (QED) is 0.172. The van der Waals surface area contributed by atoms with E-state index in [1.54, 1.807) is 11.3 Å². The Morgan fingerprint density at radius 2 is 0.909 bits per heavy atom. The lowest BCUT2D eigenvalue weighted by Crippen LogP contribution is -2.00. The maximum atomic E-state index is 10.1. The van der Waals surface area contributed by atoms with E-state index in [0.29, 0.717) is 23.0 Å². The third kappa shape index (κ3) is 6.11. The van der Waals surface area contributed by atoms with Crippen LogP contribution in [0.2, 0.25) is 0 Å². The van der Waals surface area contributed by atoms with Gasteiger partial charge in [-0.1, -0.05) is 146 Å². The summed E-state index contributed by atoms with van der Waals surface area (Å²) in [7, 11) is 0. The van der Waals surface area contributed by atoms with Crippen molar-refractivity contribution in [2.24, 2.45) is 0 Å². The van der Waals surface area contributed by atoms with Crippen LogP contribution in [-0.4, -0.2) is 15.0 Å². The highest BCUT2D eigenvalue weighted by molar-refractivity contribution is 7.26. The van der Waals surface area contributed by atoms with E-state index in [9.17, 15) is 5.26 Å². The Labute approximate surface area is 322 Å². The number of rotatable bonds is 6. The molecule has 0 N–H and O–H groups in total. The van der Waals surface area contributed by atoms with Gasteiger partial charge in [0.25, 0.3) is 0 Å². The Hall–Kier alpha value is -7.26. The standard InChI is InChI=1S/C50H30N4S/c51-31-32-26-40(30-42(27-32)43-15-9-16-45-44-14-7-8-17-46(44)55-47(43)45)39-25-21-34-20-24-38(28-41(34)29-39)33-18-22-37(23-19-33)50-53-48(35-10-3-1-4-11-35)52-49(54-50)36-12-5-2-6-13-36/h1-30H. The summed E-state index contributed by atoms with van der Waals surface area (Å²) in [6.07, 6.45) is 0. The minimum atomic E-state index is 0.630. The number of aromatic nitrogens is 3. The molecule has 5 heteroatoms. The Morgan fingerprint density at radius 3 is 1.56 bits per heavy atom. The first-order chi connectivity index (χ1) is 27.2. The van der Waals surface area contributed by atoms with E-state index in [4.69, 9.17) is 15.0 Å². The number of nitriles is 1. The molecule has 0 radical (unpaired) electrons. The summed E-state index contributed by atoms with van der Waals surface area (Å²) < 4.78 is 2.50. The van der Waals surface area contributed by atoms with Crippen molar-refractivity contribution in [2.75, 3.05) is 0 Å². The lowest BCUT2D eigenvalue weighted by molar-refractivity contribution is 1.07. The number of nitrogens with zero attached hydrogens (tertiary/aromatic N) is 4. The summed E-state index contributed by atoms with van der Waals surface area (Å²) >= 11 is 1.81. The van der Waals surface area contributed by atoms with E-state index in [0.717, 1.165) is 60.8 Å². The molecule has 0 bridgehead atoms. The van der Waals surface area contributed by atoms with Crippen LogP contribution in [0.1, 0.15) is 5.56 Å². The van der Waals surface area contributed by atoms with Crippen LogP contribution in [0.15, 0.2) is 182 Å². The van der Waals surface area contributed by atoms with Crippen LogP contribution in [0, 0.1) is 11.3 Å². The molecule has 10 rings (SSSR count). The van der Waals surface area contributed by atoms with Crippen molar-refractivity contribution in [1.82, 2.24) is 15.0 Å². The molecule has 0 aliphatic carbocycles. The third-order valence-corrected chi connectivity index (χ3v) is 11.3. The van der Waals surface area contributed by atoms with Gasteiger partial charge in [0.1, 0.15) is 0 Å². The van der Waals surface area contributed by atoms with Crippen LogP contribution in [0.5, 0.6) is 0 Å². The van der Waals surface area contributed by atoms with Crippen molar-refractivity contribution in [3.05, 3.63) is 188 Å². The molecule has 8 aromatic carbocycles. The second-order valence-electron chi connectivity index (χ2n) is 13.6. The fourth-order valence-electron chi connectivity index (χ4n) is 7.34. The van der Waals surface area contributed by atoms with Crippen molar-refractivity contribution in [2.45, 2.75) is 0 Å². The number of hydrogen-bond donors (Lipinski definition) is 0. The van der Waals surface area contributed by atoms with E-state index < -0.39 is 0 Å². The first-order valence-electron chi connectivity index (χ1n) is 18.1. The summed E-state index contributed by atoms with van der Waals surface area (Å²) in [4.78, 5) is 14.6. The smallest absolute Gasteiger partial charge is 0.164 e. The largest absolute Gasteiger partial charge is 0.208 e. The fraction of sp³-hybridized carbons (Fsp3) is 0. The first kappa shape index (κ1) is 32.4. The first-order valence-corrected chi connectivity index (χ1v) is 19.0. The molecule has 4 nitrogen and oxygen atoms in total. The molecule has 256 valence electrons. The zero-order chi connectivity index (χ0) is 36.7. The van der Waals surface area contributed by atoms with Crippen LogP contribution in [-0.2, 0) is 0 Å². The van der Waals surface area contributed by atoms with E-state index in [-0.39, 0.29) is 0 Å². The van der Waals surface area contributed by atoms with Gasteiger partial charge in [-0.05, 0) is 80.6 Å². The molecule has 0 aliphatic heterocycles. The summed E-state index contributed by atoms with van der Waals surface area (Å²) in [6, 6.07) is 65.3. The van der Waals surface area contributed by atoms with Gasteiger partial charge in [0.05, 0.1) is 11.6 Å². The molecule has 55 heavy (non-hydrogen) atoms. The number of benzene rings is 8. The van der Waals surface area contributed by atoms with Gasteiger partial charge in [0, 0.05) is 36.9 Å². The lowest BCUT2D eigenvalue weighted by Gasteiger charge is -2.11. The monoisotopic (exact) mass is 718 g/mol. The van der Waals surface area contributed by atoms with Gasteiger partial charge in [0.2, 0.25) is 0 Å². The van der Waals surface area contributed by atoms with Gasteiger partial charge in [-0.3, -0.25) is 0 Å². The summed E-state index contributed by atoms with van der Waals surface area (Å²) in [6.45, 7) is 0. The maximum absolute atomic E-state index is 10.1. The summed E-state index contributed by atoms with van der Waals surface area (Å²) in [5.74, 6) is 1.91. The SMILES string of the molecule is N#Cc1cc(-c2ccc3ccc(-c4ccc(-c5nc(-c6ccccc6)nc(-c6ccccc6)n5)cc4)cc3c2)cc(-c2cccc3c2sc2ccccc23)c1. The molecule has 2 aromatic heterocycles. The molecule has 0 unspecified atom stereocenters. The predicted octanol–water partition coefficient (Wildman–Crippen LogP) is 13.3. The average Bonchev–Trinajstić information content (AvgIpc) is 3.65. The molecule has 0 fully saturated rings. The molecule has 10 aromatic rings. The second kappa shape index (κ2) is 13.6. The molecule has 0 saturated heterocycles. The highest BCUT2D eigenvalue weighted by Crippen LogP contribution is 2.41. The van der Waals surface area contributed by atoms with Gasteiger partial charge >= 0.3 is 0 Å². The number of thiophene rings is 1. The maximum Gasteiger partial charge on any atom is 0.164 e. The van der Waals surface area contributed by atoms with Crippen molar-refractivity contribution in [3.63, 3.8) is 0 Å². The molecule has 0 spiro atoms. The predicted molar refractivity (Wildman–Crippen MR) is 228 cm³/mol. The van der Waals surface area contributed by atoms with Crippen molar-refractivity contribution >= 4 is 42.3 Å². The molecule has 2 heterocycles. The van der Waals surface area contributed by atoms with Gasteiger partial charge in [-0.15, -0.1) is 11.3 Å². The summed E-state index contributed by atoms with van der Waals surface area (Å²) in [5, 5.41) is 14.9. The summed E-state index contributed by atoms with van der Waals surface area (Å²) in [5.41, 5.74) is 9.95. The molecule has 0 saturated carbocycles.